The van der Waals surface area contributed by atoms with Gasteiger partial charge in [-0.3, -0.25) is 0 Å². The first-order chi connectivity index (χ1) is 8.07. The number of hydrogen-bond acceptors (Lipinski definition) is 2. The molecule has 2 aliphatic heterocycles. The van der Waals surface area contributed by atoms with E-state index in [2.05, 4.69) is 43.1 Å². The van der Waals surface area contributed by atoms with Crippen LogP contribution in [0.5, 0.6) is 0 Å². The molecule has 0 aromatic carbocycles. The molecule has 0 saturated carbocycles. The van der Waals surface area contributed by atoms with E-state index in [-0.39, 0.29) is 0 Å². The van der Waals surface area contributed by atoms with Gasteiger partial charge in [-0.25, -0.2) is 0 Å². The van der Waals surface area contributed by atoms with Crippen LogP contribution >= 0.6 is 0 Å². The third kappa shape index (κ3) is 3.63. The van der Waals surface area contributed by atoms with Gasteiger partial charge in [0.1, 0.15) is 6.61 Å². The zero-order valence-corrected chi connectivity index (χ0v) is 12.4. The van der Waals surface area contributed by atoms with Crippen molar-refractivity contribution in [3.05, 3.63) is 24.1 Å². The zero-order valence-electron chi connectivity index (χ0n) is 11.4. The van der Waals surface area contributed by atoms with Gasteiger partial charge in [0.2, 0.25) is 0 Å². The van der Waals surface area contributed by atoms with Crippen LogP contribution in [0.3, 0.4) is 0 Å². The molecule has 0 amide bonds. The predicted octanol–water partition coefficient (Wildman–Crippen LogP) is 3.46. The van der Waals surface area contributed by atoms with E-state index >= 15 is 0 Å². The normalized spacial score (nSPS) is 29.0. The van der Waals surface area contributed by atoms with Crippen molar-refractivity contribution in [1.29, 1.82) is 0 Å². The highest BCUT2D eigenvalue weighted by molar-refractivity contribution is 6.77. The molecular weight excluding hydrogens is 226 g/mol. The van der Waals surface area contributed by atoms with Crippen LogP contribution in [0.1, 0.15) is 13.3 Å². The second-order valence-electron chi connectivity index (χ2n) is 6.27. The molecule has 0 bridgehead atoms. The van der Waals surface area contributed by atoms with Crippen molar-refractivity contribution in [2.45, 2.75) is 38.5 Å². The first kappa shape index (κ1) is 12.7. The summed E-state index contributed by atoms with van der Waals surface area (Å²) in [7, 11) is -0.916. The molecule has 96 valence electrons. The van der Waals surface area contributed by atoms with Gasteiger partial charge >= 0.3 is 0 Å². The minimum absolute atomic E-state index is 0.733. The van der Waals surface area contributed by atoms with Gasteiger partial charge in [-0.15, -0.1) is 0 Å². The largest absolute Gasteiger partial charge is 0.475 e. The zero-order chi connectivity index (χ0) is 12.3. The van der Waals surface area contributed by atoms with E-state index in [4.69, 9.17) is 4.74 Å². The van der Waals surface area contributed by atoms with Crippen molar-refractivity contribution in [3.8, 4) is 0 Å². The summed E-state index contributed by atoms with van der Waals surface area (Å²) < 4.78 is 5.73. The van der Waals surface area contributed by atoms with Crippen molar-refractivity contribution >= 4 is 8.07 Å². The van der Waals surface area contributed by atoms with Crippen molar-refractivity contribution in [2.24, 2.45) is 5.92 Å². The highest BCUT2D eigenvalue weighted by Crippen LogP contribution is 2.28. The maximum absolute atomic E-state index is 5.73. The molecule has 0 radical (unpaired) electrons. The smallest absolute Gasteiger partial charge is 0.189 e. The van der Waals surface area contributed by atoms with E-state index in [1.165, 1.54) is 25.1 Å². The minimum Gasteiger partial charge on any atom is -0.475 e. The first-order valence-corrected chi connectivity index (χ1v) is 10.2. The maximum atomic E-state index is 5.73. The monoisotopic (exact) mass is 251 g/mol. The topological polar surface area (TPSA) is 12.5 Å². The third-order valence-corrected chi connectivity index (χ3v) is 7.24. The maximum Gasteiger partial charge on any atom is 0.189 e. The van der Waals surface area contributed by atoms with Crippen molar-refractivity contribution in [3.63, 3.8) is 0 Å². The van der Waals surface area contributed by atoms with E-state index < -0.39 is 8.07 Å². The molecule has 0 spiro atoms. The molecule has 1 fully saturated rings. The summed E-state index contributed by atoms with van der Waals surface area (Å²) in [4.78, 5) is 2.44. The SMILES string of the molecule is CC1CN(C2=CC=CCO2)CCC[Si](C)(C)C1. The average molecular weight is 251 g/mol. The van der Waals surface area contributed by atoms with E-state index in [0.717, 1.165) is 25.0 Å². The lowest BCUT2D eigenvalue weighted by Gasteiger charge is -2.36. The van der Waals surface area contributed by atoms with E-state index in [0.29, 0.717) is 0 Å². The summed E-state index contributed by atoms with van der Waals surface area (Å²) >= 11 is 0. The van der Waals surface area contributed by atoms with Crippen LogP contribution in [0.25, 0.3) is 0 Å². The number of ether oxygens (including phenoxy) is 1. The Bertz CT molecular complexity index is 322. The van der Waals surface area contributed by atoms with Crippen LogP contribution in [0, 0.1) is 5.92 Å². The van der Waals surface area contributed by atoms with Gasteiger partial charge in [0.05, 0.1) is 0 Å². The molecule has 3 heteroatoms. The first-order valence-electron chi connectivity index (χ1n) is 6.81. The molecule has 0 aliphatic carbocycles. The molecule has 0 aromatic heterocycles. The molecular formula is C14H25NOSi. The van der Waals surface area contributed by atoms with Crippen molar-refractivity contribution < 1.29 is 4.74 Å². The number of rotatable bonds is 1. The molecule has 1 saturated heterocycles. The number of nitrogens with zero attached hydrogens (tertiary/aromatic N) is 1. The Hall–Kier alpha value is -0.703. The third-order valence-electron chi connectivity index (χ3n) is 3.73. The summed E-state index contributed by atoms with van der Waals surface area (Å²) in [6.07, 6.45) is 7.62. The summed E-state index contributed by atoms with van der Waals surface area (Å²) in [5, 5.41) is 0. The molecule has 0 N–H and O–H groups in total. The van der Waals surface area contributed by atoms with E-state index in [1.807, 2.05) is 0 Å². The summed E-state index contributed by atoms with van der Waals surface area (Å²) in [5.74, 6) is 1.88. The van der Waals surface area contributed by atoms with E-state index in [1.54, 1.807) is 0 Å². The second-order valence-corrected chi connectivity index (χ2v) is 11.5. The molecule has 2 aliphatic rings. The molecule has 2 nitrogen and oxygen atoms in total. The molecule has 1 atom stereocenters. The highest BCUT2D eigenvalue weighted by atomic mass is 28.3. The fourth-order valence-electron chi connectivity index (χ4n) is 3.11. The molecule has 2 rings (SSSR count). The summed E-state index contributed by atoms with van der Waals surface area (Å²) in [6, 6.07) is 2.91. The van der Waals surface area contributed by atoms with Crippen LogP contribution in [0.2, 0.25) is 25.2 Å². The van der Waals surface area contributed by atoms with Gasteiger partial charge < -0.3 is 9.64 Å². The Morgan fingerprint density at radius 1 is 1.41 bits per heavy atom. The van der Waals surface area contributed by atoms with Crippen LogP contribution in [0.15, 0.2) is 24.1 Å². The molecule has 2 heterocycles. The molecule has 0 aromatic rings. The minimum atomic E-state index is -0.916. The lowest BCUT2D eigenvalue weighted by atomic mass is 10.2. The van der Waals surface area contributed by atoms with Crippen molar-refractivity contribution in [2.75, 3.05) is 19.7 Å². The lowest BCUT2D eigenvalue weighted by Crippen LogP contribution is -2.39. The number of allylic oxidation sites excluding steroid dienone is 2. The Morgan fingerprint density at radius 2 is 2.24 bits per heavy atom. The Kier molecular flexibility index (Phi) is 3.97. The fraction of sp³-hybridized carbons (Fsp3) is 0.714. The Labute approximate surface area is 106 Å². The van der Waals surface area contributed by atoms with Crippen molar-refractivity contribution in [1.82, 2.24) is 4.90 Å². The lowest BCUT2D eigenvalue weighted by molar-refractivity contribution is 0.117. The van der Waals surface area contributed by atoms with Crippen LogP contribution in [0.4, 0.5) is 0 Å². The quantitative estimate of drug-likeness (QED) is 0.662. The predicted molar refractivity (Wildman–Crippen MR) is 75.6 cm³/mol. The van der Waals surface area contributed by atoms with Gasteiger partial charge in [-0.1, -0.05) is 38.2 Å². The summed E-state index contributed by atoms with van der Waals surface area (Å²) in [6.45, 7) is 10.5. The fourth-order valence-corrected chi connectivity index (χ4v) is 6.45. The van der Waals surface area contributed by atoms with Crippen LogP contribution < -0.4 is 0 Å². The molecule has 17 heavy (non-hydrogen) atoms. The van der Waals surface area contributed by atoms with Gasteiger partial charge in [0.15, 0.2) is 5.88 Å². The standard InChI is InChI=1S/C14H25NOSi/c1-13-11-15(14-7-4-5-9-16-14)8-6-10-17(2,3)12-13/h4-5,7,13H,6,8-12H2,1-3H3. The average Bonchev–Trinajstić information content (AvgIpc) is 2.26. The van der Waals surface area contributed by atoms with Gasteiger partial charge in [-0.05, 0) is 24.5 Å². The second kappa shape index (κ2) is 5.30. The Balaban J connectivity index is 2.01. The number of hydrogen-bond donors (Lipinski definition) is 0. The van der Waals surface area contributed by atoms with Crippen LogP contribution in [-0.2, 0) is 4.74 Å². The van der Waals surface area contributed by atoms with Gasteiger partial charge in [0, 0.05) is 21.2 Å². The van der Waals surface area contributed by atoms with Gasteiger partial charge in [-0.2, -0.15) is 0 Å². The molecule has 1 unspecified atom stereocenters. The van der Waals surface area contributed by atoms with Crippen LogP contribution in [-0.4, -0.2) is 32.7 Å². The Morgan fingerprint density at radius 3 is 2.94 bits per heavy atom. The van der Waals surface area contributed by atoms with E-state index in [9.17, 15) is 0 Å². The van der Waals surface area contributed by atoms with Gasteiger partial charge in [0.25, 0.3) is 0 Å². The summed E-state index contributed by atoms with van der Waals surface area (Å²) in [5.41, 5.74) is 0. The highest BCUT2D eigenvalue weighted by Gasteiger charge is 2.27.